The Bertz CT molecular complexity index is 651. The maximum atomic E-state index is 12.3. The average molecular weight is 294 g/mol. The zero-order valence-corrected chi connectivity index (χ0v) is 13.4. The molecule has 2 rings (SSSR count). The predicted octanol–water partition coefficient (Wildman–Crippen LogP) is 4.64. The summed E-state index contributed by atoms with van der Waals surface area (Å²) < 4.78 is 0. The second-order valence-corrected chi connectivity index (χ2v) is 5.90. The highest BCUT2D eigenvalue weighted by Crippen LogP contribution is 2.24. The lowest BCUT2D eigenvalue weighted by Gasteiger charge is -2.14. The van der Waals surface area contributed by atoms with Crippen LogP contribution in [-0.2, 0) is 4.79 Å². The molecule has 0 aliphatic heterocycles. The molecule has 0 fully saturated rings. The number of ketones is 2. The van der Waals surface area contributed by atoms with E-state index in [0.717, 1.165) is 16.7 Å². The van der Waals surface area contributed by atoms with Crippen LogP contribution < -0.4 is 0 Å². The molecule has 0 bridgehead atoms. The molecule has 0 radical (unpaired) electrons. The second-order valence-electron chi connectivity index (χ2n) is 5.90. The number of carbonyl (C=O) groups is 2. The van der Waals surface area contributed by atoms with E-state index in [1.54, 1.807) is 6.92 Å². The minimum absolute atomic E-state index is 0.0957. The van der Waals surface area contributed by atoms with Gasteiger partial charge in [-0.3, -0.25) is 9.59 Å². The molecule has 0 spiro atoms. The Balaban J connectivity index is 2.06. The van der Waals surface area contributed by atoms with Crippen LogP contribution in [0.1, 0.15) is 52.7 Å². The monoisotopic (exact) mass is 294 g/mol. The molecule has 2 aromatic rings. The fourth-order valence-electron chi connectivity index (χ4n) is 2.56. The summed E-state index contributed by atoms with van der Waals surface area (Å²) in [5.41, 5.74) is 4.02. The molecule has 0 saturated heterocycles. The molecule has 22 heavy (non-hydrogen) atoms. The van der Waals surface area contributed by atoms with E-state index in [1.165, 1.54) is 5.56 Å². The van der Waals surface area contributed by atoms with Gasteiger partial charge in [0.1, 0.15) is 5.78 Å². The molecule has 0 aliphatic rings. The smallest absolute Gasteiger partial charge is 0.162 e. The van der Waals surface area contributed by atoms with Crippen LogP contribution in [-0.4, -0.2) is 11.6 Å². The minimum atomic E-state index is -0.199. The molecule has 1 unspecified atom stereocenters. The van der Waals surface area contributed by atoms with Gasteiger partial charge in [-0.05, 0) is 32.8 Å². The molecular weight excluding hydrogens is 272 g/mol. The molecule has 0 amide bonds. The van der Waals surface area contributed by atoms with Crippen LogP contribution >= 0.6 is 0 Å². The first-order valence-electron chi connectivity index (χ1n) is 7.64. The third-order valence-electron chi connectivity index (χ3n) is 4.00. The molecular formula is C20H22O2. The second kappa shape index (κ2) is 7.17. The number of rotatable bonds is 6. The Labute approximate surface area is 132 Å². The standard InChI is InChI=1S/C20H22O2/c1-14-4-8-17(9-5-14)19(16(3)21)12-13-20(22)18-10-6-15(2)7-11-18/h4-11,19H,12-13H2,1-3H3. The summed E-state index contributed by atoms with van der Waals surface area (Å²) in [6.45, 7) is 5.62. The van der Waals surface area contributed by atoms with Crippen LogP contribution in [0.4, 0.5) is 0 Å². The number of aryl methyl sites for hydroxylation is 2. The Kier molecular flexibility index (Phi) is 5.26. The largest absolute Gasteiger partial charge is 0.299 e. The maximum Gasteiger partial charge on any atom is 0.162 e. The van der Waals surface area contributed by atoms with Crippen molar-refractivity contribution in [1.82, 2.24) is 0 Å². The number of benzene rings is 2. The SMILES string of the molecule is CC(=O)C(CCC(=O)c1ccc(C)cc1)c1ccc(C)cc1. The summed E-state index contributed by atoms with van der Waals surface area (Å²) in [6, 6.07) is 15.6. The summed E-state index contributed by atoms with van der Waals surface area (Å²) in [6.07, 6.45) is 0.951. The molecule has 2 nitrogen and oxygen atoms in total. The van der Waals surface area contributed by atoms with Crippen LogP contribution in [0, 0.1) is 13.8 Å². The van der Waals surface area contributed by atoms with Gasteiger partial charge in [0, 0.05) is 17.9 Å². The Morgan fingerprint density at radius 2 is 1.36 bits per heavy atom. The Morgan fingerprint density at radius 1 is 0.864 bits per heavy atom. The first-order chi connectivity index (χ1) is 10.5. The quantitative estimate of drug-likeness (QED) is 0.727. The Morgan fingerprint density at radius 3 is 1.86 bits per heavy atom. The maximum absolute atomic E-state index is 12.3. The topological polar surface area (TPSA) is 34.1 Å². The summed E-state index contributed by atoms with van der Waals surface area (Å²) in [4.78, 5) is 24.2. The molecule has 2 heteroatoms. The third-order valence-corrected chi connectivity index (χ3v) is 4.00. The summed E-state index contributed by atoms with van der Waals surface area (Å²) >= 11 is 0. The molecule has 2 aromatic carbocycles. The van der Waals surface area contributed by atoms with E-state index >= 15 is 0 Å². The van der Waals surface area contributed by atoms with E-state index in [-0.39, 0.29) is 17.5 Å². The first-order valence-corrected chi connectivity index (χ1v) is 7.64. The number of carbonyl (C=O) groups excluding carboxylic acids is 2. The zero-order valence-electron chi connectivity index (χ0n) is 13.4. The minimum Gasteiger partial charge on any atom is -0.299 e. The van der Waals surface area contributed by atoms with Crippen LogP contribution in [0.25, 0.3) is 0 Å². The van der Waals surface area contributed by atoms with E-state index < -0.39 is 0 Å². The van der Waals surface area contributed by atoms with Crippen molar-refractivity contribution in [2.24, 2.45) is 0 Å². The van der Waals surface area contributed by atoms with Crippen molar-refractivity contribution >= 4 is 11.6 Å². The Hall–Kier alpha value is -2.22. The van der Waals surface area contributed by atoms with Crippen molar-refractivity contribution in [2.45, 2.75) is 39.5 Å². The summed E-state index contributed by atoms with van der Waals surface area (Å²) in [5.74, 6) is 0.00826. The highest BCUT2D eigenvalue weighted by Gasteiger charge is 2.18. The lowest BCUT2D eigenvalue weighted by Crippen LogP contribution is -2.11. The van der Waals surface area contributed by atoms with Gasteiger partial charge in [0.25, 0.3) is 0 Å². The number of hydrogen-bond acceptors (Lipinski definition) is 2. The lowest BCUT2D eigenvalue weighted by molar-refractivity contribution is -0.118. The van der Waals surface area contributed by atoms with Gasteiger partial charge in [0.2, 0.25) is 0 Å². The molecule has 0 aromatic heterocycles. The fourth-order valence-corrected chi connectivity index (χ4v) is 2.56. The van der Waals surface area contributed by atoms with Crippen molar-refractivity contribution < 1.29 is 9.59 Å². The molecule has 114 valence electrons. The fraction of sp³-hybridized carbons (Fsp3) is 0.300. The third kappa shape index (κ3) is 4.14. The van der Waals surface area contributed by atoms with Crippen LogP contribution in [0.2, 0.25) is 0 Å². The van der Waals surface area contributed by atoms with Gasteiger partial charge in [0.15, 0.2) is 5.78 Å². The van der Waals surface area contributed by atoms with Gasteiger partial charge < -0.3 is 0 Å². The van der Waals surface area contributed by atoms with Crippen molar-refractivity contribution in [3.8, 4) is 0 Å². The van der Waals surface area contributed by atoms with Crippen LogP contribution in [0.3, 0.4) is 0 Å². The van der Waals surface area contributed by atoms with Gasteiger partial charge >= 0.3 is 0 Å². The lowest BCUT2D eigenvalue weighted by atomic mass is 9.89. The van der Waals surface area contributed by atoms with E-state index in [1.807, 2.05) is 62.4 Å². The van der Waals surface area contributed by atoms with Crippen molar-refractivity contribution in [3.05, 3.63) is 70.8 Å². The van der Waals surface area contributed by atoms with E-state index in [4.69, 9.17) is 0 Å². The van der Waals surface area contributed by atoms with E-state index in [2.05, 4.69) is 0 Å². The highest BCUT2D eigenvalue weighted by molar-refractivity contribution is 5.96. The van der Waals surface area contributed by atoms with Crippen molar-refractivity contribution in [1.29, 1.82) is 0 Å². The summed E-state index contributed by atoms with van der Waals surface area (Å²) in [7, 11) is 0. The molecule has 0 aliphatic carbocycles. The zero-order chi connectivity index (χ0) is 16.1. The van der Waals surface area contributed by atoms with E-state index in [9.17, 15) is 9.59 Å². The first kappa shape index (κ1) is 16.2. The average Bonchev–Trinajstić information content (AvgIpc) is 2.49. The van der Waals surface area contributed by atoms with Crippen LogP contribution in [0.5, 0.6) is 0 Å². The van der Waals surface area contributed by atoms with Gasteiger partial charge in [-0.25, -0.2) is 0 Å². The van der Waals surface area contributed by atoms with E-state index in [0.29, 0.717) is 12.8 Å². The summed E-state index contributed by atoms with van der Waals surface area (Å²) in [5, 5.41) is 0. The normalized spacial score (nSPS) is 12.0. The van der Waals surface area contributed by atoms with Gasteiger partial charge in [-0.2, -0.15) is 0 Å². The van der Waals surface area contributed by atoms with Gasteiger partial charge in [-0.15, -0.1) is 0 Å². The number of Topliss-reactive ketones (excluding diaryl/α,β-unsaturated/α-hetero) is 2. The van der Waals surface area contributed by atoms with Gasteiger partial charge in [-0.1, -0.05) is 59.7 Å². The molecule has 1 atom stereocenters. The van der Waals surface area contributed by atoms with Crippen molar-refractivity contribution in [2.75, 3.05) is 0 Å². The highest BCUT2D eigenvalue weighted by atomic mass is 16.1. The molecule has 0 saturated carbocycles. The molecule has 0 N–H and O–H groups in total. The predicted molar refractivity (Wildman–Crippen MR) is 89.3 cm³/mol. The van der Waals surface area contributed by atoms with Crippen LogP contribution in [0.15, 0.2) is 48.5 Å². The van der Waals surface area contributed by atoms with Crippen molar-refractivity contribution in [3.63, 3.8) is 0 Å². The molecule has 0 heterocycles. The number of hydrogen-bond donors (Lipinski definition) is 0. The van der Waals surface area contributed by atoms with Gasteiger partial charge in [0.05, 0.1) is 0 Å².